The van der Waals surface area contributed by atoms with Crippen molar-refractivity contribution in [2.24, 2.45) is 11.8 Å². The summed E-state index contributed by atoms with van der Waals surface area (Å²) in [5, 5.41) is -0.895. The van der Waals surface area contributed by atoms with Crippen molar-refractivity contribution in [2.75, 3.05) is 0 Å². The molecule has 0 radical (unpaired) electrons. The molecule has 2 unspecified atom stereocenters. The second-order valence-electron chi connectivity index (χ2n) is 9.34. The summed E-state index contributed by atoms with van der Waals surface area (Å²) in [5.41, 5.74) is 0. The molecule has 0 aliphatic rings. The van der Waals surface area contributed by atoms with Gasteiger partial charge < -0.3 is 0 Å². The van der Waals surface area contributed by atoms with Gasteiger partial charge in [-0.25, -0.2) is 0 Å². The second-order valence-corrected chi connectivity index (χ2v) is 19.7. The molecule has 2 atom stereocenters. The first-order chi connectivity index (χ1) is 13.4. The van der Waals surface area contributed by atoms with E-state index in [0.717, 1.165) is 25.7 Å². The molecule has 0 spiro atoms. The van der Waals surface area contributed by atoms with E-state index in [1.165, 1.54) is 25.7 Å². The molecule has 0 N–H and O–H groups in total. The van der Waals surface area contributed by atoms with Crippen molar-refractivity contribution < 1.29 is 15.7 Å². The van der Waals surface area contributed by atoms with Gasteiger partial charge in [-0.3, -0.25) is 0 Å². The molecule has 4 nitrogen and oxygen atoms in total. The van der Waals surface area contributed by atoms with Crippen LogP contribution in [0.2, 0.25) is 9.88 Å². The average molecular weight is 555 g/mol. The van der Waals surface area contributed by atoms with Gasteiger partial charge >= 0.3 is 196 Å². The van der Waals surface area contributed by atoms with Gasteiger partial charge in [-0.2, -0.15) is 0 Å². The van der Waals surface area contributed by atoms with Gasteiger partial charge in [0.25, 0.3) is 0 Å². The van der Waals surface area contributed by atoms with E-state index in [-0.39, 0.29) is 11.9 Å². The molecule has 0 fully saturated rings. The third-order valence-electron chi connectivity index (χ3n) is 4.75. The minimum atomic E-state index is -3.70. The Hall–Kier alpha value is 0.439. The van der Waals surface area contributed by atoms with Crippen LogP contribution in [-0.2, 0) is 15.7 Å². The van der Waals surface area contributed by atoms with Gasteiger partial charge in [-0.1, -0.05) is 0 Å². The zero-order chi connectivity index (χ0) is 22.4. The summed E-state index contributed by atoms with van der Waals surface area (Å²) in [6, 6.07) is 0. The summed E-state index contributed by atoms with van der Waals surface area (Å²) in [4.78, 5) is 28.2. The number of thiol groups is 2. The number of carbonyl (C=O) groups is 2. The molecule has 0 rings (SSSR count). The quantitative estimate of drug-likeness (QED) is 0.128. The van der Waals surface area contributed by atoms with Crippen molar-refractivity contribution in [3.63, 3.8) is 0 Å². The Morgan fingerprint density at radius 2 is 0.966 bits per heavy atom. The van der Waals surface area contributed by atoms with Gasteiger partial charge in [0.15, 0.2) is 0 Å². The maximum atomic E-state index is 12.3. The van der Waals surface area contributed by atoms with Gasteiger partial charge in [0.2, 0.25) is 0 Å². The van der Waals surface area contributed by atoms with E-state index in [4.69, 9.17) is 6.15 Å². The van der Waals surface area contributed by atoms with Crippen molar-refractivity contribution in [3.8, 4) is 0 Å². The van der Waals surface area contributed by atoms with Crippen LogP contribution in [0.3, 0.4) is 0 Å². The monoisotopic (exact) mass is 556 g/mol. The fraction of sp³-hybridized carbons (Fsp3) is 0.909. The third-order valence-corrected chi connectivity index (χ3v) is 9.65. The van der Waals surface area contributed by atoms with Gasteiger partial charge in [0, 0.05) is 0 Å². The Labute approximate surface area is 195 Å². The van der Waals surface area contributed by atoms with Crippen LogP contribution >= 0.6 is 25.3 Å². The standard InChI is InChI=1S/2C10H20O2S.2CH3.Sn/c2*1-8(2)6-4-3-5-7-9(13)10(11)12;;;/h2*8-9,13H,3-7H2,1-2H3,(H,11,12);2*1H3;/q;;;;+2/p-2. The van der Waals surface area contributed by atoms with Crippen LogP contribution in [-0.4, -0.2) is 41.6 Å². The number of hydrogen-bond donors (Lipinski definition) is 2. The minimum absolute atomic E-state index is 0.352. The fourth-order valence-corrected chi connectivity index (χ4v) is 7.74. The summed E-state index contributed by atoms with van der Waals surface area (Å²) in [6.45, 7) is 8.88. The molecular formula is C22H44O4S2Sn. The molecule has 0 amide bonds. The SMILES string of the molecule is CC(C)CCCCCC(S)C(=O)[O][Sn]([CH3])([CH3])[O]C(=O)C(S)CCCCCC(C)C. The topological polar surface area (TPSA) is 52.6 Å². The van der Waals surface area contributed by atoms with Gasteiger partial charge in [0.05, 0.1) is 0 Å². The van der Waals surface area contributed by atoms with Crippen molar-refractivity contribution in [2.45, 2.75) is 112 Å². The second kappa shape index (κ2) is 16.1. The van der Waals surface area contributed by atoms with Crippen molar-refractivity contribution in [1.29, 1.82) is 0 Å². The maximum absolute atomic E-state index is 12.3. The first-order valence-corrected chi connectivity index (χ1v) is 20.3. The summed E-state index contributed by atoms with van der Waals surface area (Å²) < 4.78 is 11.2. The molecule has 7 heteroatoms. The number of rotatable bonds is 16. The molecule has 29 heavy (non-hydrogen) atoms. The van der Waals surface area contributed by atoms with Crippen LogP contribution in [0, 0.1) is 11.8 Å². The molecule has 0 heterocycles. The Balaban J connectivity index is 4.17. The fourth-order valence-electron chi connectivity index (χ4n) is 3.01. The van der Waals surface area contributed by atoms with E-state index in [9.17, 15) is 9.59 Å². The normalized spacial score (nSPS) is 14.1. The average Bonchev–Trinajstić information content (AvgIpc) is 2.59. The predicted octanol–water partition coefficient (Wildman–Crippen LogP) is 6.58. The Morgan fingerprint density at radius 1 is 0.655 bits per heavy atom. The van der Waals surface area contributed by atoms with Crippen molar-refractivity contribution in [3.05, 3.63) is 0 Å². The van der Waals surface area contributed by atoms with Crippen LogP contribution in [0.5, 0.6) is 0 Å². The van der Waals surface area contributed by atoms with Gasteiger partial charge in [-0.15, -0.1) is 0 Å². The molecule has 172 valence electrons. The first kappa shape index (κ1) is 29.4. The summed E-state index contributed by atoms with van der Waals surface area (Å²) in [5.74, 6) is 0.726. The number of unbranched alkanes of at least 4 members (excludes halogenated alkanes) is 4. The Bertz CT molecular complexity index is 430. The Morgan fingerprint density at radius 3 is 1.28 bits per heavy atom. The van der Waals surface area contributed by atoms with Crippen LogP contribution in [0.15, 0.2) is 0 Å². The zero-order valence-electron chi connectivity index (χ0n) is 19.4. The van der Waals surface area contributed by atoms with Gasteiger partial charge in [0.1, 0.15) is 0 Å². The molecule has 0 aliphatic carbocycles. The van der Waals surface area contributed by atoms with E-state index in [1.54, 1.807) is 9.88 Å². The molecule has 0 aliphatic heterocycles. The van der Waals surface area contributed by atoms with E-state index in [1.807, 2.05) is 0 Å². The molecule has 0 aromatic heterocycles. The molecule has 0 aromatic rings. The molecule has 0 bridgehead atoms. The Kier molecular flexibility index (Phi) is 16.4. The molecule has 0 saturated carbocycles. The summed E-state index contributed by atoms with van der Waals surface area (Å²) >= 11 is 5.09. The van der Waals surface area contributed by atoms with E-state index in [0.29, 0.717) is 24.7 Å². The van der Waals surface area contributed by atoms with Crippen LogP contribution < -0.4 is 0 Å². The molecular weight excluding hydrogens is 511 g/mol. The predicted molar refractivity (Wildman–Crippen MR) is 131 cm³/mol. The van der Waals surface area contributed by atoms with Crippen LogP contribution in [0.25, 0.3) is 0 Å². The summed E-state index contributed by atoms with van der Waals surface area (Å²) in [7, 11) is 0. The number of hydrogen-bond acceptors (Lipinski definition) is 6. The van der Waals surface area contributed by atoms with Gasteiger partial charge in [-0.05, 0) is 0 Å². The van der Waals surface area contributed by atoms with E-state index < -0.39 is 29.7 Å². The first-order valence-electron chi connectivity index (χ1n) is 11.3. The van der Waals surface area contributed by atoms with Crippen molar-refractivity contribution >= 4 is 56.4 Å². The summed E-state index contributed by atoms with van der Waals surface area (Å²) in [6.07, 6.45) is 10.3. The molecule has 0 aromatic carbocycles. The number of carbonyl (C=O) groups excluding carboxylic acids is 2. The third kappa shape index (κ3) is 16.8. The van der Waals surface area contributed by atoms with Crippen LogP contribution in [0.4, 0.5) is 0 Å². The van der Waals surface area contributed by atoms with Crippen molar-refractivity contribution in [1.82, 2.24) is 0 Å². The molecule has 0 saturated heterocycles. The van der Waals surface area contributed by atoms with E-state index in [2.05, 4.69) is 53.0 Å². The van der Waals surface area contributed by atoms with Crippen LogP contribution in [0.1, 0.15) is 91.9 Å². The van der Waals surface area contributed by atoms with E-state index >= 15 is 0 Å². The zero-order valence-corrected chi connectivity index (χ0v) is 24.1.